The number of benzene rings is 2. The molecule has 1 heterocycles. The van der Waals surface area contributed by atoms with Crippen molar-refractivity contribution in [3.8, 4) is 5.75 Å². The van der Waals surface area contributed by atoms with Gasteiger partial charge in [-0.1, -0.05) is 50.3 Å². The Morgan fingerprint density at radius 1 is 1.00 bits per heavy atom. The van der Waals surface area contributed by atoms with Gasteiger partial charge < -0.3 is 20.3 Å². The summed E-state index contributed by atoms with van der Waals surface area (Å²) in [7, 11) is 0. The Morgan fingerprint density at radius 3 is 2.50 bits per heavy atom. The first-order valence-corrected chi connectivity index (χ1v) is 13.9. The van der Waals surface area contributed by atoms with Crippen LogP contribution in [0.3, 0.4) is 0 Å². The Balaban J connectivity index is 1.47. The van der Waals surface area contributed by atoms with E-state index in [1.54, 1.807) is 26.0 Å². The largest absolute Gasteiger partial charge is 0.508 e. The molecule has 0 radical (unpaired) electrons. The summed E-state index contributed by atoms with van der Waals surface area (Å²) >= 11 is 0. The lowest BCUT2D eigenvalue weighted by atomic mass is 9.79. The fourth-order valence-corrected chi connectivity index (χ4v) is 4.55. The van der Waals surface area contributed by atoms with Gasteiger partial charge in [0, 0.05) is 18.7 Å². The molecule has 0 aliphatic heterocycles. The van der Waals surface area contributed by atoms with Gasteiger partial charge in [0.1, 0.15) is 5.75 Å². The van der Waals surface area contributed by atoms with Gasteiger partial charge in [0.25, 0.3) is 0 Å². The predicted octanol–water partition coefficient (Wildman–Crippen LogP) is 7.03. The highest BCUT2D eigenvalue weighted by atomic mass is 16.5. The Labute approximate surface area is 236 Å². The number of pyridine rings is 1. The van der Waals surface area contributed by atoms with E-state index in [0.29, 0.717) is 37.5 Å². The number of amides is 1. The summed E-state index contributed by atoms with van der Waals surface area (Å²) < 4.78 is 5.83. The first-order valence-electron chi connectivity index (χ1n) is 13.9. The van der Waals surface area contributed by atoms with Gasteiger partial charge in [-0.05, 0) is 92.1 Å². The summed E-state index contributed by atoms with van der Waals surface area (Å²) in [6.45, 7) is 6.60. The van der Waals surface area contributed by atoms with Crippen LogP contribution in [0.15, 0.2) is 60.7 Å². The van der Waals surface area contributed by atoms with Crippen molar-refractivity contribution in [1.82, 2.24) is 4.98 Å². The number of aliphatic carboxylic acids is 1. The molecule has 0 bridgehead atoms. The fourth-order valence-electron chi connectivity index (χ4n) is 4.55. The van der Waals surface area contributed by atoms with Crippen LogP contribution >= 0.6 is 0 Å². The van der Waals surface area contributed by atoms with Crippen molar-refractivity contribution in [3.63, 3.8) is 0 Å². The number of aryl methyl sites for hydroxylation is 2. The van der Waals surface area contributed by atoms with Gasteiger partial charge >= 0.3 is 5.97 Å². The summed E-state index contributed by atoms with van der Waals surface area (Å²) in [6.07, 6.45) is 7.47. The normalized spacial score (nSPS) is 11.6. The topological polar surface area (TPSA) is 109 Å². The number of unbranched alkanes of at least 4 members (excludes halogenated alkanes) is 1. The van der Waals surface area contributed by atoms with Crippen molar-refractivity contribution in [3.05, 3.63) is 88.7 Å². The second-order valence-electron chi connectivity index (χ2n) is 10.2. The lowest BCUT2D eigenvalue weighted by Crippen LogP contribution is -2.34. The Kier molecular flexibility index (Phi) is 11.5. The van der Waals surface area contributed by atoms with Crippen LogP contribution < -0.4 is 5.32 Å². The third-order valence-corrected chi connectivity index (χ3v) is 7.27. The molecule has 1 aromatic heterocycles. The fraction of sp³-hybridized carbons (Fsp3) is 0.364. The van der Waals surface area contributed by atoms with Gasteiger partial charge in [-0.2, -0.15) is 0 Å². The summed E-state index contributed by atoms with van der Waals surface area (Å²) in [5, 5.41) is 22.1. The maximum atomic E-state index is 12.6. The number of hydrogen-bond donors (Lipinski definition) is 3. The highest BCUT2D eigenvalue weighted by molar-refractivity contribution is 5.94. The summed E-state index contributed by atoms with van der Waals surface area (Å²) in [6, 6.07) is 19.0. The van der Waals surface area contributed by atoms with Crippen LogP contribution in [0.1, 0.15) is 74.0 Å². The van der Waals surface area contributed by atoms with E-state index < -0.39 is 11.4 Å². The molecule has 0 saturated heterocycles. The van der Waals surface area contributed by atoms with E-state index in [4.69, 9.17) is 4.74 Å². The minimum atomic E-state index is -1.05. The average Bonchev–Trinajstić information content (AvgIpc) is 2.94. The van der Waals surface area contributed by atoms with Gasteiger partial charge in [0.05, 0.1) is 23.4 Å². The van der Waals surface area contributed by atoms with E-state index in [2.05, 4.69) is 10.3 Å². The highest BCUT2D eigenvalue weighted by Crippen LogP contribution is 2.31. The van der Waals surface area contributed by atoms with E-state index >= 15 is 0 Å². The summed E-state index contributed by atoms with van der Waals surface area (Å²) in [5.74, 6) is -0.916. The second kappa shape index (κ2) is 15.0. The number of carboxylic acid groups (broad SMARTS) is 1. The Morgan fingerprint density at radius 2 is 1.77 bits per heavy atom. The summed E-state index contributed by atoms with van der Waals surface area (Å²) in [4.78, 5) is 29.0. The highest BCUT2D eigenvalue weighted by Gasteiger charge is 2.37. The number of carbonyl (C=O) groups excluding carboxylic acids is 1. The predicted molar refractivity (Wildman–Crippen MR) is 159 cm³/mol. The lowest BCUT2D eigenvalue weighted by molar-refractivity contribution is -0.151. The zero-order valence-electron chi connectivity index (χ0n) is 23.7. The number of carbonyl (C=O) groups is 2. The number of phenolic OH excluding ortho intramolecular Hbond substituents is 1. The summed E-state index contributed by atoms with van der Waals surface area (Å²) in [5.41, 5.74) is 4.24. The number of hydrogen-bond acceptors (Lipinski definition) is 5. The number of carboxylic acids is 1. The number of rotatable bonds is 15. The molecule has 0 saturated carbocycles. The van der Waals surface area contributed by atoms with E-state index in [1.807, 2.05) is 67.6 Å². The molecule has 0 fully saturated rings. The monoisotopic (exact) mass is 544 g/mol. The van der Waals surface area contributed by atoms with Gasteiger partial charge in [0.2, 0.25) is 5.91 Å². The molecule has 40 heavy (non-hydrogen) atoms. The number of anilines is 1. The maximum absolute atomic E-state index is 12.6. The molecule has 0 spiro atoms. The lowest BCUT2D eigenvalue weighted by Gasteiger charge is -2.25. The van der Waals surface area contributed by atoms with Crippen molar-refractivity contribution in [2.24, 2.45) is 5.41 Å². The van der Waals surface area contributed by atoms with Crippen LogP contribution in [0.2, 0.25) is 0 Å². The van der Waals surface area contributed by atoms with Crippen LogP contribution in [0.25, 0.3) is 12.2 Å². The van der Waals surface area contributed by atoms with E-state index in [0.717, 1.165) is 41.8 Å². The van der Waals surface area contributed by atoms with Crippen LogP contribution in [-0.4, -0.2) is 33.7 Å². The molecule has 3 rings (SSSR count). The molecule has 0 atom stereocenters. The molecule has 0 unspecified atom stereocenters. The van der Waals surface area contributed by atoms with Crippen molar-refractivity contribution in [2.75, 3.05) is 11.9 Å². The van der Waals surface area contributed by atoms with Gasteiger partial charge in [-0.15, -0.1) is 0 Å². The maximum Gasteiger partial charge on any atom is 0.310 e. The average molecular weight is 545 g/mol. The van der Waals surface area contributed by atoms with E-state index in [9.17, 15) is 19.8 Å². The molecular weight excluding hydrogens is 504 g/mol. The molecule has 1 amide bonds. The van der Waals surface area contributed by atoms with E-state index in [1.165, 1.54) is 5.56 Å². The number of phenols is 1. The molecule has 7 nitrogen and oxygen atoms in total. The zero-order valence-corrected chi connectivity index (χ0v) is 23.7. The van der Waals surface area contributed by atoms with Crippen molar-refractivity contribution >= 4 is 29.7 Å². The molecule has 3 aromatic rings. The smallest absolute Gasteiger partial charge is 0.310 e. The zero-order chi connectivity index (χ0) is 29.0. The molecule has 212 valence electrons. The Bertz CT molecular complexity index is 1310. The van der Waals surface area contributed by atoms with Crippen molar-refractivity contribution in [2.45, 2.75) is 65.9 Å². The first-order chi connectivity index (χ1) is 19.2. The molecule has 3 N–H and O–H groups in total. The molecule has 2 aromatic carbocycles. The second-order valence-corrected chi connectivity index (χ2v) is 10.2. The number of ether oxygens (including phenoxy) is 1. The molecular formula is C33H40N2O5. The number of nitrogens with one attached hydrogen (secondary N) is 1. The van der Waals surface area contributed by atoms with Crippen LogP contribution in [-0.2, 0) is 27.4 Å². The molecule has 7 heteroatoms. The van der Waals surface area contributed by atoms with E-state index in [-0.39, 0.29) is 12.3 Å². The quantitative estimate of drug-likeness (QED) is 0.177. The van der Waals surface area contributed by atoms with Crippen molar-refractivity contribution < 1.29 is 24.5 Å². The van der Waals surface area contributed by atoms with Crippen LogP contribution in [0.4, 0.5) is 5.69 Å². The van der Waals surface area contributed by atoms with Crippen molar-refractivity contribution in [1.29, 1.82) is 0 Å². The number of aromatic nitrogens is 1. The van der Waals surface area contributed by atoms with Gasteiger partial charge in [0.15, 0.2) is 0 Å². The van der Waals surface area contributed by atoms with Crippen LogP contribution in [0, 0.1) is 12.3 Å². The minimum absolute atomic E-state index is 0.0632. The van der Waals surface area contributed by atoms with Crippen LogP contribution in [0.5, 0.6) is 5.75 Å². The molecule has 0 aliphatic rings. The SMILES string of the molecule is CCC(CC)(CC(=O)Nc1cccc(C=Cc2cccc(COCCCCc3ccc(O)c(C)c3)n2)c1)C(=O)O. The Hall–Kier alpha value is -3.97. The third-order valence-electron chi connectivity index (χ3n) is 7.27. The van der Waals surface area contributed by atoms with Gasteiger partial charge in [-0.3, -0.25) is 14.6 Å². The third kappa shape index (κ3) is 9.06. The minimum Gasteiger partial charge on any atom is -0.508 e. The first kappa shape index (κ1) is 30.6. The van der Waals surface area contributed by atoms with Gasteiger partial charge in [-0.25, -0.2) is 0 Å². The number of aromatic hydroxyl groups is 1. The molecule has 0 aliphatic carbocycles. The number of nitrogens with zero attached hydrogens (tertiary/aromatic N) is 1. The standard InChI is InChI=1S/C33H40N2O5/c1-4-33(5-2,32(38)39)22-31(37)35-28-13-8-11-26(21-28)15-17-27-12-9-14-29(34-27)23-40-19-7-6-10-25-16-18-30(36)24(3)20-25/h8-9,11-18,20-21,36H,4-7,10,19,22-23H2,1-3H3,(H,35,37)(H,38,39).